The van der Waals surface area contributed by atoms with Gasteiger partial charge in [0.25, 0.3) is 5.91 Å². The Morgan fingerprint density at radius 3 is 2.86 bits per heavy atom. The van der Waals surface area contributed by atoms with Gasteiger partial charge in [-0.3, -0.25) is 4.79 Å². The number of likely N-dealkylation sites (tertiary alicyclic amines) is 1. The first kappa shape index (κ1) is 14.9. The number of nitrogens with zero attached hydrogens (tertiary/aromatic N) is 1. The van der Waals surface area contributed by atoms with E-state index in [0.717, 1.165) is 49.0 Å². The predicted molar refractivity (Wildman–Crippen MR) is 86.6 cm³/mol. The van der Waals surface area contributed by atoms with Crippen LogP contribution < -0.4 is 0 Å². The maximum atomic E-state index is 12.8. The second-order valence-corrected chi connectivity index (χ2v) is 5.92. The number of aromatic nitrogens is 1. The number of H-pyrrole nitrogens is 1. The van der Waals surface area contributed by atoms with Gasteiger partial charge in [0.1, 0.15) is 0 Å². The van der Waals surface area contributed by atoms with Crippen molar-refractivity contribution in [3.8, 4) is 11.1 Å². The molecular weight excluding hydrogens is 276 g/mol. The van der Waals surface area contributed by atoms with Gasteiger partial charge in [0.2, 0.25) is 0 Å². The summed E-state index contributed by atoms with van der Waals surface area (Å²) in [6.07, 6.45) is 6.55. The van der Waals surface area contributed by atoms with Gasteiger partial charge in [-0.1, -0.05) is 30.3 Å². The maximum Gasteiger partial charge on any atom is 0.256 e. The second kappa shape index (κ2) is 6.79. The van der Waals surface area contributed by atoms with Crippen molar-refractivity contribution < 1.29 is 9.90 Å². The zero-order valence-electron chi connectivity index (χ0n) is 12.7. The molecule has 1 aliphatic rings. The third-order valence-corrected chi connectivity index (χ3v) is 4.40. The van der Waals surface area contributed by atoms with Gasteiger partial charge in [0.05, 0.1) is 5.56 Å². The third-order valence-electron chi connectivity index (χ3n) is 4.40. The van der Waals surface area contributed by atoms with Crippen LogP contribution in [0.4, 0.5) is 0 Å². The highest BCUT2D eigenvalue weighted by molar-refractivity contribution is 6.00. The van der Waals surface area contributed by atoms with Crippen LogP contribution in [0.1, 0.15) is 29.6 Å². The topological polar surface area (TPSA) is 56.3 Å². The zero-order chi connectivity index (χ0) is 15.4. The highest BCUT2D eigenvalue weighted by atomic mass is 16.2. The van der Waals surface area contributed by atoms with Crippen molar-refractivity contribution in [3.63, 3.8) is 0 Å². The molecule has 22 heavy (non-hydrogen) atoms. The van der Waals surface area contributed by atoms with E-state index in [0.29, 0.717) is 5.92 Å². The monoisotopic (exact) mass is 298 g/mol. The number of amides is 1. The fourth-order valence-corrected chi connectivity index (χ4v) is 3.20. The summed E-state index contributed by atoms with van der Waals surface area (Å²) in [7, 11) is 0. The number of hydrogen-bond acceptors (Lipinski definition) is 2. The molecule has 0 bridgehead atoms. The minimum Gasteiger partial charge on any atom is -0.396 e. The summed E-state index contributed by atoms with van der Waals surface area (Å²) < 4.78 is 0. The molecule has 1 aliphatic heterocycles. The number of hydrogen-bond donors (Lipinski definition) is 2. The van der Waals surface area contributed by atoms with Crippen molar-refractivity contribution in [3.05, 3.63) is 48.3 Å². The SMILES string of the molecule is O=C(c1c[nH]cc1-c1ccccc1)N1CCC(CCCO)C1. The first-order valence-electron chi connectivity index (χ1n) is 7.92. The molecule has 0 spiro atoms. The number of benzene rings is 1. The summed E-state index contributed by atoms with van der Waals surface area (Å²) in [5.41, 5.74) is 2.77. The first-order valence-corrected chi connectivity index (χ1v) is 7.92. The molecule has 116 valence electrons. The average Bonchev–Trinajstić information content (AvgIpc) is 3.22. The van der Waals surface area contributed by atoms with Gasteiger partial charge >= 0.3 is 0 Å². The number of carbonyl (C=O) groups is 1. The Balaban J connectivity index is 1.73. The zero-order valence-corrected chi connectivity index (χ0v) is 12.7. The fraction of sp³-hybridized carbons (Fsp3) is 0.389. The molecule has 2 N–H and O–H groups in total. The normalized spacial score (nSPS) is 17.9. The number of aliphatic hydroxyl groups excluding tert-OH is 1. The molecule has 1 fully saturated rings. The van der Waals surface area contributed by atoms with Crippen LogP contribution in [0.3, 0.4) is 0 Å². The summed E-state index contributed by atoms with van der Waals surface area (Å²) >= 11 is 0. The van der Waals surface area contributed by atoms with Crippen LogP contribution in [-0.4, -0.2) is 40.6 Å². The standard InChI is InChI=1S/C18H22N2O2/c21-10-4-5-14-8-9-20(13-14)18(22)17-12-19-11-16(17)15-6-2-1-3-7-15/h1-3,6-7,11-12,14,19,21H,4-5,8-10,13H2. The molecule has 1 saturated heterocycles. The Bertz CT molecular complexity index is 621. The molecule has 2 heterocycles. The van der Waals surface area contributed by atoms with E-state index in [2.05, 4.69) is 4.98 Å². The van der Waals surface area contributed by atoms with Crippen LogP contribution in [-0.2, 0) is 0 Å². The van der Waals surface area contributed by atoms with Crippen LogP contribution in [0.15, 0.2) is 42.7 Å². The minimum absolute atomic E-state index is 0.103. The van der Waals surface area contributed by atoms with Crippen LogP contribution in [0, 0.1) is 5.92 Å². The van der Waals surface area contributed by atoms with E-state index in [9.17, 15) is 4.79 Å². The molecule has 3 rings (SSSR count). The average molecular weight is 298 g/mol. The fourth-order valence-electron chi connectivity index (χ4n) is 3.20. The predicted octanol–water partition coefficient (Wildman–Crippen LogP) is 2.92. The van der Waals surface area contributed by atoms with E-state index < -0.39 is 0 Å². The molecule has 1 amide bonds. The van der Waals surface area contributed by atoms with Gasteiger partial charge in [-0.25, -0.2) is 0 Å². The lowest BCUT2D eigenvalue weighted by atomic mass is 10.0. The van der Waals surface area contributed by atoms with Crippen molar-refractivity contribution >= 4 is 5.91 Å². The lowest BCUT2D eigenvalue weighted by molar-refractivity contribution is 0.0787. The number of nitrogens with one attached hydrogen (secondary N) is 1. The Kier molecular flexibility index (Phi) is 4.59. The molecular formula is C18H22N2O2. The third kappa shape index (κ3) is 3.07. The van der Waals surface area contributed by atoms with Gasteiger partial charge in [0, 0.05) is 37.7 Å². The number of rotatable bonds is 5. The number of carbonyl (C=O) groups excluding carboxylic acids is 1. The summed E-state index contributed by atoms with van der Waals surface area (Å²) in [6, 6.07) is 9.99. The molecule has 1 unspecified atom stereocenters. The molecule has 4 nitrogen and oxygen atoms in total. The van der Waals surface area contributed by atoms with Gasteiger partial charge in [-0.05, 0) is 30.7 Å². The van der Waals surface area contributed by atoms with Crippen molar-refractivity contribution in [1.82, 2.24) is 9.88 Å². The Morgan fingerprint density at radius 2 is 2.09 bits per heavy atom. The van der Waals surface area contributed by atoms with Crippen LogP contribution in [0.5, 0.6) is 0 Å². The first-order chi connectivity index (χ1) is 10.8. The van der Waals surface area contributed by atoms with Crippen LogP contribution in [0.25, 0.3) is 11.1 Å². The molecule has 0 radical (unpaired) electrons. The highest BCUT2D eigenvalue weighted by Crippen LogP contribution is 2.27. The van der Waals surface area contributed by atoms with Gasteiger partial charge < -0.3 is 15.0 Å². The minimum atomic E-state index is 0.103. The van der Waals surface area contributed by atoms with Crippen molar-refractivity contribution in [2.75, 3.05) is 19.7 Å². The smallest absolute Gasteiger partial charge is 0.256 e. The summed E-state index contributed by atoms with van der Waals surface area (Å²) in [6.45, 7) is 1.85. The quantitative estimate of drug-likeness (QED) is 0.891. The lowest BCUT2D eigenvalue weighted by Crippen LogP contribution is -2.28. The van der Waals surface area contributed by atoms with E-state index in [-0.39, 0.29) is 12.5 Å². The van der Waals surface area contributed by atoms with Crippen molar-refractivity contribution in [2.45, 2.75) is 19.3 Å². The van der Waals surface area contributed by atoms with E-state index >= 15 is 0 Å². The summed E-state index contributed by atoms with van der Waals surface area (Å²) in [4.78, 5) is 17.8. The Labute approximate surface area is 130 Å². The Morgan fingerprint density at radius 1 is 1.27 bits per heavy atom. The van der Waals surface area contributed by atoms with E-state index in [1.807, 2.05) is 41.4 Å². The highest BCUT2D eigenvalue weighted by Gasteiger charge is 2.28. The molecule has 0 saturated carbocycles. The number of aliphatic hydroxyl groups is 1. The van der Waals surface area contributed by atoms with E-state index in [4.69, 9.17) is 5.11 Å². The summed E-state index contributed by atoms with van der Waals surface area (Å²) in [5.74, 6) is 0.627. The van der Waals surface area contributed by atoms with Gasteiger partial charge in [0.15, 0.2) is 0 Å². The molecule has 1 aromatic carbocycles. The van der Waals surface area contributed by atoms with Crippen LogP contribution >= 0.6 is 0 Å². The number of aromatic amines is 1. The molecule has 2 aromatic rings. The van der Waals surface area contributed by atoms with Crippen molar-refractivity contribution in [2.24, 2.45) is 5.92 Å². The summed E-state index contributed by atoms with van der Waals surface area (Å²) in [5, 5.41) is 8.93. The van der Waals surface area contributed by atoms with E-state index in [1.54, 1.807) is 6.20 Å². The van der Waals surface area contributed by atoms with E-state index in [1.165, 1.54) is 0 Å². The lowest BCUT2D eigenvalue weighted by Gasteiger charge is -2.17. The van der Waals surface area contributed by atoms with Crippen molar-refractivity contribution in [1.29, 1.82) is 0 Å². The molecule has 1 atom stereocenters. The van der Waals surface area contributed by atoms with Gasteiger partial charge in [-0.2, -0.15) is 0 Å². The molecule has 1 aromatic heterocycles. The van der Waals surface area contributed by atoms with Gasteiger partial charge in [-0.15, -0.1) is 0 Å². The molecule has 0 aliphatic carbocycles. The Hall–Kier alpha value is -2.07. The molecule has 4 heteroatoms. The second-order valence-electron chi connectivity index (χ2n) is 5.92. The maximum absolute atomic E-state index is 12.8. The largest absolute Gasteiger partial charge is 0.396 e. The van der Waals surface area contributed by atoms with Crippen LogP contribution in [0.2, 0.25) is 0 Å².